The van der Waals surface area contributed by atoms with E-state index in [4.69, 9.17) is 17.3 Å². The number of benzene rings is 1. The van der Waals surface area contributed by atoms with Gasteiger partial charge in [-0.25, -0.2) is 4.39 Å². The molecule has 1 aromatic carbocycles. The molecule has 1 saturated carbocycles. The summed E-state index contributed by atoms with van der Waals surface area (Å²) in [6, 6.07) is 5.01. The molecular weight excluding hydrogens is 213 g/mol. The Labute approximate surface area is 94.4 Å². The third-order valence-electron chi connectivity index (χ3n) is 2.85. The van der Waals surface area contributed by atoms with E-state index in [1.165, 1.54) is 18.9 Å². The predicted molar refractivity (Wildman–Crippen MR) is 60.4 cm³/mol. The van der Waals surface area contributed by atoms with Gasteiger partial charge < -0.3 is 5.73 Å². The summed E-state index contributed by atoms with van der Waals surface area (Å²) >= 11 is 5.86. The third kappa shape index (κ3) is 2.93. The molecule has 0 bridgehead atoms. The van der Waals surface area contributed by atoms with E-state index in [1.807, 2.05) is 6.07 Å². The first-order valence-electron chi connectivity index (χ1n) is 5.35. The van der Waals surface area contributed by atoms with Crippen molar-refractivity contribution in [3.8, 4) is 0 Å². The maximum absolute atomic E-state index is 13.1. The van der Waals surface area contributed by atoms with Crippen molar-refractivity contribution in [2.24, 2.45) is 11.7 Å². The maximum Gasteiger partial charge on any atom is 0.142 e. The molecule has 0 aromatic heterocycles. The first kappa shape index (κ1) is 10.9. The summed E-state index contributed by atoms with van der Waals surface area (Å²) < 4.78 is 13.1. The van der Waals surface area contributed by atoms with Gasteiger partial charge in [-0.3, -0.25) is 0 Å². The van der Waals surface area contributed by atoms with Gasteiger partial charge in [0.25, 0.3) is 0 Å². The highest BCUT2D eigenvalue weighted by Gasteiger charge is 2.24. The van der Waals surface area contributed by atoms with E-state index >= 15 is 0 Å². The van der Waals surface area contributed by atoms with Crippen molar-refractivity contribution in [2.75, 3.05) is 0 Å². The number of hydrogen-bond acceptors (Lipinski definition) is 1. The van der Waals surface area contributed by atoms with Crippen LogP contribution in [-0.2, 0) is 6.42 Å². The fourth-order valence-electron chi connectivity index (χ4n) is 1.85. The predicted octanol–water partition coefficient (Wildman–Crippen LogP) is 3.15. The maximum atomic E-state index is 13.1. The number of halogens is 2. The lowest BCUT2D eigenvalue weighted by Crippen LogP contribution is -2.23. The van der Waals surface area contributed by atoms with Crippen LogP contribution in [0.1, 0.15) is 24.8 Å². The minimum atomic E-state index is -0.354. The molecule has 2 N–H and O–H groups in total. The minimum absolute atomic E-state index is 0.108. The average molecular weight is 228 g/mol. The van der Waals surface area contributed by atoms with Crippen LogP contribution < -0.4 is 5.73 Å². The lowest BCUT2D eigenvalue weighted by molar-refractivity contribution is 0.563. The van der Waals surface area contributed by atoms with Gasteiger partial charge in [0.2, 0.25) is 0 Å². The fourth-order valence-corrected chi connectivity index (χ4v) is 2.06. The van der Waals surface area contributed by atoms with Crippen LogP contribution in [0.15, 0.2) is 18.2 Å². The first-order chi connectivity index (χ1) is 7.16. The first-order valence-corrected chi connectivity index (χ1v) is 5.73. The largest absolute Gasteiger partial charge is 0.327 e. The molecule has 0 saturated heterocycles. The van der Waals surface area contributed by atoms with Gasteiger partial charge in [-0.1, -0.05) is 36.6 Å². The normalized spacial score (nSPS) is 17.8. The topological polar surface area (TPSA) is 26.0 Å². The second kappa shape index (κ2) is 4.50. The van der Waals surface area contributed by atoms with Crippen molar-refractivity contribution in [1.29, 1.82) is 0 Å². The molecule has 1 fully saturated rings. The Morgan fingerprint density at radius 2 is 2.20 bits per heavy atom. The van der Waals surface area contributed by atoms with Gasteiger partial charge in [0.05, 0.1) is 5.02 Å². The summed E-state index contributed by atoms with van der Waals surface area (Å²) in [6.45, 7) is 0. The third-order valence-corrected chi connectivity index (χ3v) is 3.27. The van der Waals surface area contributed by atoms with Crippen LogP contribution in [0, 0.1) is 11.7 Å². The van der Waals surface area contributed by atoms with Gasteiger partial charge >= 0.3 is 0 Å². The van der Waals surface area contributed by atoms with Gasteiger partial charge in [-0.2, -0.15) is 0 Å². The Kier molecular flexibility index (Phi) is 3.27. The Morgan fingerprint density at radius 1 is 1.47 bits per heavy atom. The van der Waals surface area contributed by atoms with E-state index in [0.29, 0.717) is 6.42 Å². The Bertz CT molecular complexity index is 349. The second-order valence-electron chi connectivity index (χ2n) is 4.36. The molecule has 0 amide bonds. The van der Waals surface area contributed by atoms with E-state index in [9.17, 15) is 4.39 Å². The van der Waals surface area contributed by atoms with Crippen LogP contribution in [0.4, 0.5) is 4.39 Å². The molecule has 2 rings (SSSR count). The SMILES string of the molecule is NC(Cc1cccc(F)c1Cl)CC1CC1. The summed E-state index contributed by atoms with van der Waals surface area (Å²) in [4.78, 5) is 0. The van der Waals surface area contributed by atoms with E-state index in [1.54, 1.807) is 6.07 Å². The molecule has 0 radical (unpaired) electrons. The van der Waals surface area contributed by atoms with Gasteiger partial charge in [-0.15, -0.1) is 0 Å². The molecule has 1 atom stereocenters. The van der Waals surface area contributed by atoms with Crippen molar-refractivity contribution in [1.82, 2.24) is 0 Å². The highest BCUT2D eigenvalue weighted by molar-refractivity contribution is 6.31. The molecule has 0 aliphatic heterocycles. The smallest absolute Gasteiger partial charge is 0.142 e. The molecule has 82 valence electrons. The molecule has 1 aliphatic carbocycles. The molecule has 1 nitrogen and oxygen atoms in total. The summed E-state index contributed by atoms with van der Waals surface area (Å²) in [5, 5.41) is 0.226. The van der Waals surface area contributed by atoms with Crippen LogP contribution >= 0.6 is 11.6 Å². The zero-order valence-corrected chi connectivity index (χ0v) is 9.30. The number of hydrogen-bond donors (Lipinski definition) is 1. The standard InChI is InChI=1S/C12H15ClFN/c13-12-9(2-1-3-11(12)14)7-10(15)6-8-4-5-8/h1-3,8,10H,4-7,15H2. The zero-order valence-electron chi connectivity index (χ0n) is 8.55. The quantitative estimate of drug-likeness (QED) is 0.840. The molecule has 1 unspecified atom stereocenters. The highest BCUT2D eigenvalue weighted by atomic mass is 35.5. The van der Waals surface area contributed by atoms with Crippen LogP contribution in [-0.4, -0.2) is 6.04 Å². The van der Waals surface area contributed by atoms with Gasteiger partial charge in [0, 0.05) is 6.04 Å². The Balaban J connectivity index is 1.99. The van der Waals surface area contributed by atoms with E-state index < -0.39 is 0 Å². The molecule has 1 aliphatic rings. The van der Waals surface area contributed by atoms with Crippen molar-refractivity contribution in [3.05, 3.63) is 34.6 Å². The van der Waals surface area contributed by atoms with Crippen molar-refractivity contribution in [3.63, 3.8) is 0 Å². The van der Waals surface area contributed by atoms with E-state index in [2.05, 4.69) is 0 Å². The Morgan fingerprint density at radius 3 is 2.87 bits per heavy atom. The van der Waals surface area contributed by atoms with Gasteiger partial charge in [-0.05, 0) is 30.4 Å². The molecule has 0 spiro atoms. The summed E-state index contributed by atoms with van der Waals surface area (Å²) in [6.07, 6.45) is 4.30. The number of nitrogens with two attached hydrogens (primary N) is 1. The van der Waals surface area contributed by atoms with Gasteiger partial charge in [0.1, 0.15) is 5.82 Å². The lowest BCUT2D eigenvalue weighted by Gasteiger charge is -2.12. The molecule has 15 heavy (non-hydrogen) atoms. The van der Waals surface area contributed by atoms with E-state index in [-0.39, 0.29) is 16.9 Å². The fraction of sp³-hybridized carbons (Fsp3) is 0.500. The second-order valence-corrected chi connectivity index (χ2v) is 4.73. The monoisotopic (exact) mass is 227 g/mol. The van der Waals surface area contributed by atoms with Crippen LogP contribution in [0.2, 0.25) is 5.02 Å². The minimum Gasteiger partial charge on any atom is -0.327 e. The van der Waals surface area contributed by atoms with Crippen LogP contribution in [0.25, 0.3) is 0 Å². The summed E-state index contributed by atoms with van der Waals surface area (Å²) in [7, 11) is 0. The molecule has 1 aromatic rings. The highest BCUT2D eigenvalue weighted by Crippen LogP contribution is 2.34. The number of rotatable bonds is 4. The lowest BCUT2D eigenvalue weighted by atomic mass is 10.0. The van der Waals surface area contributed by atoms with Gasteiger partial charge in [0.15, 0.2) is 0 Å². The zero-order chi connectivity index (χ0) is 10.8. The van der Waals surface area contributed by atoms with Crippen LogP contribution in [0.3, 0.4) is 0 Å². The van der Waals surface area contributed by atoms with Crippen LogP contribution in [0.5, 0.6) is 0 Å². The summed E-state index contributed by atoms with van der Waals surface area (Å²) in [5.41, 5.74) is 6.81. The average Bonchev–Trinajstić information content (AvgIpc) is 2.97. The van der Waals surface area contributed by atoms with Crippen molar-refractivity contribution >= 4 is 11.6 Å². The van der Waals surface area contributed by atoms with Crippen molar-refractivity contribution in [2.45, 2.75) is 31.7 Å². The van der Waals surface area contributed by atoms with Crippen molar-refractivity contribution < 1.29 is 4.39 Å². The molecule has 0 heterocycles. The van der Waals surface area contributed by atoms with E-state index in [0.717, 1.165) is 17.9 Å². The molecule has 3 heteroatoms. The molecular formula is C12H15ClFN. The Hall–Kier alpha value is -0.600. The summed E-state index contributed by atoms with van der Waals surface area (Å²) in [5.74, 6) is 0.445.